The van der Waals surface area contributed by atoms with Crippen molar-refractivity contribution in [2.24, 2.45) is 0 Å². The van der Waals surface area contributed by atoms with Crippen molar-refractivity contribution in [1.82, 2.24) is 4.72 Å². The summed E-state index contributed by atoms with van der Waals surface area (Å²) in [6, 6.07) is 1.49. The number of hydrogen-bond acceptors (Lipinski definition) is 4. The van der Waals surface area contributed by atoms with E-state index in [1.807, 2.05) is 0 Å². The first-order chi connectivity index (χ1) is 5.98. The van der Waals surface area contributed by atoms with Crippen LogP contribution < -0.4 is 4.72 Å². The first-order valence-corrected chi connectivity index (χ1v) is 5.19. The first-order valence-electron chi connectivity index (χ1n) is 3.54. The first kappa shape index (κ1) is 11.9. The average molecular weight is 206 g/mol. The Labute approximate surface area is 76.2 Å². The second-order valence-corrected chi connectivity index (χ2v) is 4.12. The number of nitrogens with zero attached hydrogens (tertiary/aromatic N) is 1. The van der Waals surface area contributed by atoms with Crippen LogP contribution in [0.25, 0.3) is 0 Å². The third-order valence-corrected chi connectivity index (χ3v) is 2.30. The summed E-state index contributed by atoms with van der Waals surface area (Å²) in [7, 11) is -3.53. The standard InChI is InChI=1S/C6H10N2O4S/c7-3-5-13(11,12)8-4-1-2-6(9)10/h8H,1-2,4-5H2,(H,9,10). The number of rotatable bonds is 6. The maximum Gasteiger partial charge on any atom is 0.303 e. The zero-order valence-electron chi connectivity index (χ0n) is 6.86. The van der Waals surface area contributed by atoms with E-state index in [2.05, 4.69) is 4.72 Å². The molecule has 13 heavy (non-hydrogen) atoms. The van der Waals surface area contributed by atoms with Gasteiger partial charge in [-0.25, -0.2) is 13.1 Å². The molecule has 0 aromatic rings. The number of nitriles is 1. The summed E-state index contributed by atoms with van der Waals surface area (Å²) in [6.45, 7) is 0.0519. The quantitative estimate of drug-likeness (QED) is 0.558. The van der Waals surface area contributed by atoms with Crippen LogP contribution in [0.1, 0.15) is 12.8 Å². The number of hydrogen-bond donors (Lipinski definition) is 2. The highest BCUT2D eigenvalue weighted by Gasteiger charge is 2.07. The molecule has 0 aromatic carbocycles. The summed E-state index contributed by atoms with van der Waals surface area (Å²) >= 11 is 0. The van der Waals surface area contributed by atoms with E-state index < -0.39 is 21.7 Å². The number of sulfonamides is 1. The summed E-state index contributed by atoms with van der Waals surface area (Å²) in [5.41, 5.74) is 0. The molecule has 0 saturated carbocycles. The van der Waals surface area contributed by atoms with Crippen LogP contribution in [0.2, 0.25) is 0 Å². The van der Waals surface area contributed by atoms with E-state index in [4.69, 9.17) is 10.4 Å². The third kappa shape index (κ3) is 7.24. The number of carboxylic acids is 1. The predicted molar refractivity (Wildman–Crippen MR) is 44.3 cm³/mol. The van der Waals surface area contributed by atoms with Gasteiger partial charge >= 0.3 is 5.97 Å². The lowest BCUT2D eigenvalue weighted by molar-refractivity contribution is -0.137. The Hall–Kier alpha value is -1.13. The molecule has 0 unspecified atom stereocenters. The number of aliphatic carboxylic acids is 1. The topological polar surface area (TPSA) is 107 Å². The predicted octanol–water partition coefficient (Wildman–Crippen LogP) is -0.706. The van der Waals surface area contributed by atoms with Gasteiger partial charge in [-0.1, -0.05) is 0 Å². The molecule has 0 radical (unpaired) electrons. The molecule has 0 saturated heterocycles. The fourth-order valence-electron chi connectivity index (χ4n) is 0.603. The van der Waals surface area contributed by atoms with E-state index in [-0.39, 0.29) is 19.4 Å². The molecule has 0 fully saturated rings. The third-order valence-electron chi connectivity index (χ3n) is 1.14. The summed E-state index contributed by atoms with van der Waals surface area (Å²) in [5, 5.41) is 16.3. The van der Waals surface area contributed by atoms with Gasteiger partial charge in [0.25, 0.3) is 0 Å². The van der Waals surface area contributed by atoms with Crippen LogP contribution in [0.4, 0.5) is 0 Å². The van der Waals surface area contributed by atoms with Crippen molar-refractivity contribution in [3.8, 4) is 6.07 Å². The van der Waals surface area contributed by atoms with Gasteiger partial charge in [0.2, 0.25) is 10.0 Å². The lowest BCUT2D eigenvalue weighted by atomic mass is 10.3. The highest BCUT2D eigenvalue weighted by atomic mass is 32.2. The zero-order chi connectivity index (χ0) is 10.3. The van der Waals surface area contributed by atoms with Gasteiger partial charge in [0, 0.05) is 13.0 Å². The van der Waals surface area contributed by atoms with Gasteiger partial charge in [-0.15, -0.1) is 0 Å². The molecule has 6 nitrogen and oxygen atoms in total. The SMILES string of the molecule is N#CCS(=O)(=O)NCCCC(=O)O. The lowest BCUT2D eigenvalue weighted by Crippen LogP contribution is -2.27. The van der Waals surface area contributed by atoms with Gasteiger partial charge in [-0.05, 0) is 6.42 Å². The summed E-state index contributed by atoms with van der Waals surface area (Å²) in [4.78, 5) is 10.0. The Balaban J connectivity index is 3.66. The van der Waals surface area contributed by atoms with Crippen molar-refractivity contribution in [3.05, 3.63) is 0 Å². The van der Waals surface area contributed by atoms with Gasteiger partial charge in [0.15, 0.2) is 5.75 Å². The van der Waals surface area contributed by atoms with E-state index in [1.165, 1.54) is 6.07 Å². The number of carbonyl (C=O) groups is 1. The van der Waals surface area contributed by atoms with E-state index >= 15 is 0 Å². The minimum atomic E-state index is -3.53. The summed E-state index contributed by atoms with van der Waals surface area (Å²) < 4.78 is 23.7. The van der Waals surface area contributed by atoms with Gasteiger partial charge in [0.1, 0.15) is 0 Å². The zero-order valence-corrected chi connectivity index (χ0v) is 7.67. The second kappa shape index (κ2) is 5.50. The smallest absolute Gasteiger partial charge is 0.303 e. The van der Waals surface area contributed by atoms with Gasteiger partial charge in [-0.2, -0.15) is 5.26 Å². The molecule has 0 aliphatic heterocycles. The minimum Gasteiger partial charge on any atom is -0.481 e. The van der Waals surface area contributed by atoms with Gasteiger partial charge in [0.05, 0.1) is 6.07 Å². The Kier molecular flexibility index (Phi) is 5.03. The highest BCUT2D eigenvalue weighted by Crippen LogP contribution is 1.88. The van der Waals surface area contributed by atoms with E-state index in [9.17, 15) is 13.2 Å². The minimum absolute atomic E-state index is 0.0519. The van der Waals surface area contributed by atoms with Gasteiger partial charge < -0.3 is 5.11 Å². The molecule has 74 valence electrons. The fourth-order valence-corrected chi connectivity index (χ4v) is 1.33. The van der Waals surface area contributed by atoms with Crippen molar-refractivity contribution in [2.45, 2.75) is 12.8 Å². The highest BCUT2D eigenvalue weighted by molar-refractivity contribution is 7.89. The van der Waals surface area contributed by atoms with Crippen LogP contribution in [0.15, 0.2) is 0 Å². The van der Waals surface area contributed by atoms with Crippen LogP contribution in [-0.4, -0.2) is 31.8 Å². The maximum absolute atomic E-state index is 10.8. The number of carboxylic acid groups (broad SMARTS) is 1. The molecule has 0 spiro atoms. The molecule has 0 aromatic heterocycles. The van der Waals surface area contributed by atoms with Gasteiger partial charge in [-0.3, -0.25) is 4.79 Å². The van der Waals surface area contributed by atoms with Crippen molar-refractivity contribution in [2.75, 3.05) is 12.3 Å². The number of nitrogens with one attached hydrogen (secondary N) is 1. The second-order valence-electron chi connectivity index (χ2n) is 2.31. The van der Waals surface area contributed by atoms with E-state index in [0.29, 0.717) is 0 Å². The monoisotopic (exact) mass is 206 g/mol. The van der Waals surface area contributed by atoms with Crippen LogP contribution in [0.3, 0.4) is 0 Å². The molecule has 0 atom stereocenters. The molecular formula is C6H10N2O4S. The summed E-state index contributed by atoms with van der Waals surface area (Å²) in [6.07, 6.45) is 0.134. The molecule has 0 aliphatic carbocycles. The Morgan fingerprint density at radius 3 is 2.62 bits per heavy atom. The Bertz CT molecular complexity index is 303. The van der Waals surface area contributed by atoms with Crippen LogP contribution in [-0.2, 0) is 14.8 Å². The Morgan fingerprint density at radius 1 is 1.54 bits per heavy atom. The molecule has 0 bridgehead atoms. The average Bonchev–Trinajstić information content (AvgIpc) is 1.98. The lowest BCUT2D eigenvalue weighted by Gasteiger charge is -2.00. The summed E-state index contributed by atoms with van der Waals surface area (Å²) in [5.74, 6) is -1.57. The molecule has 0 aliphatic rings. The largest absolute Gasteiger partial charge is 0.481 e. The molecule has 7 heteroatoms. The molecule has 2 N–H and O–H groups in total. The fraction of sp³-hybridized carbons (Fsp3) is 0.667. The van der Waals surface area contributed by atoms with Crippen molar-refractivity contribution >= 4 is 16.0 Å². The van der Waals surface area contributed by atoms with Crippen LogP contribution >= 0.6 is 0 Å². The van der Waals surface area contributed by atoms with Crippen molar-refractivity contribution < 1.29 is 18.3 Å². The molecule has 0 heterocycles. The Morgan fingerprint density at radius 2 is 2.15 bits per heavy atom. The molecule has 0 rings (SSSR count). The molecular weight excluding hydrogens is 196 g/mol. The van der Waals surface area contributed by atoms with Crippen LogP contribution in [0.5, 0.6) is 0 Å². The normalized spacial score (nSPS) is 10.7. The maximum atomic E-state index is 10.8. The van der Waals surface area contributed by atoms with Crippen molar-refractivity contribution in [3.63, 3.8) is 0 Å². The molecule has 0 amide bonds. The van der Waals surface area contributed by atoms with E-state index in [1.54, 1.807) is 0 Å². The van der Waals surface area contributed by atoms with Crippen molar-refractivity contribution in [1.29, 1.82) is 5.26 Å². The van der Waals surface area contributed by atoms with E-state index in [0.717, 1.165) is 0 Å². The van der Waals surface area contributed by atoms with Crippen LogP contribution in [0, 0.1) is 11.3 Å².